The van der Waals surface area contributed by atoms with Gasteiger partial charge in [-0.1, -0.05) is 12.1 Å². The van der Waals surface area contributed by atoms with Gasteiger partial charge in [0.05, 0.1) is 44.1 Å². The van der Waals surface area contributed by atoms with E-state index < -0.39 is 0 Å². The average Bonchev–Trinajstić information content (AvgIpc) is 2.76. The van der Waals surface area contributed by atoms with Gasteiger partial charge in [-0.3, -0.25) is 4.79 Å². The number of carbonyl (C=O) groups excluding carboxylic acids is 1. The zero-order chi connectivity index (χ0) is 20.6. The van der Waals surface area contributed by atoms with Crippen LogP contribution < -0.4 is 24.8 Å². The van der Waals surface area contributed by atoms with Crippen molar-refractivity contribution < 1.29 is 19.0 Å². The Balaban J connectivity index is 1.71. The molecule has 0 spiro atoms. The van der Waals surface area contributed by atoms with Gasteiger partial charge in [-0.05, 0) is 43.3 Å². The first kappa shape index (κ1) is 20.0. The molecule has 3 rings (SSSR count). The van der Waals surface area contributed by atoms with Gasteiger partial charge in [-0.25, -0.2) is 4.98 Å². The molecule has 0 aliphatic rings. The average molecular weight is 393 g/mol. The molecular weight excluding hydrogens is 370 g/mol. The lowest BCUT2D eigenvalue weighted by atomic mass is 10.2. The van der Waals surface area contributed by atoms with E-state index in [1.165, 1.54) is 0 Å². The maximum Gasteiger partial charge on any atom is 0.274 e. The molecule has 0 radical (unpaired) electrons. The normalized spacial score (nSPS) is 10.2. The number of para-hydroxylation sites is 2. The quantitative estimate of drug-likeness (QED) is 0.587. The number of amides is 1. The lowest BCUT2D eigenvalue weighted by Gasteiger charge is -2.13. The molecule has 3 aromatic rings. The summed E-state index contributed by atoms with van der Waals surface area (Å²) in [6, 6.07) is 16.2. The molecule has 0 atom stereocenters. The van der Waals surface area contributed by atoms with Gasteiger partial charge in [0.2, 0.25) is 0 Å². The van der Waals surface area contributed by atoms with Gasteiger partial charge in [-0.15, -0.1) is 0 Å². The first-order chi connectivity index (χ1) is 14.1. The third-order valence-corrected chi connectivity index (χ3v) is 4.12. The topological polar surface area (TPSA) is 81.7 Å². The minimum Gasteiger partial charge on any atom is -0.497 e. The highest BCUT2D eigenvalue weighted by molar-refractivity contribution is 6.03. The summed E-state index contributed by atoms with van der Waals surface area (Å²) < 4.78 is 16.1. The fourth-order valence-electron chi connectivity index (χ4n) is 2.70. The lowest BCUT2D eigenvalue weighted by Crippen LogP contribution is -2.14. The van der Waals surface area contributed by atoms with Crippen molar-refractivity contribution in [3.05, 3.63) is 66.5 Å². The van der Waals surface area contributed by atoms with Gasteiger partial charge in [-0.2, -0.15) is 0 Å². The Labute approximate surface area is 169 Å². The van der Waals surface area contributed by atoms with Crippen molar-refractivity contribution in [3.63, 3.8) is 0 Å². The summed E-state index contributed by atoms with van der Waals surface area (Å²) in [5, 5.41) is 6.05. The highest BCUT2D eigenvalue weighted by Gasteiger charge is 2.11. The molecule has 7 nitrogen and oxygen atoms in total. The van der Waals surface area contributed by atoms with Crippen molar-refractivity contribution in [2.45, 2.75) is 6.92 Å². The zero-order valence-corrected chi connectivity index (χ0v) is 16.6. The standard InChI is InChI=1S/C22H23N3O4/c1-4-29-20-8-6-5-7-17(20)25-22(26)19-11-9-15(14-23-19)24-18-12-10-16(27-2)13-21(18)28-3/h5-14,24H,4H2,1-3H3,(H,25,26). The number of anilines is 3. The van der Waals surface area contributed by atoms with Crippen LogP contribution >= 0.6 is 0 Å². The highest BCUT2D eigenvalue weighted by atomic mass is 16.5. The number of carbonyl (C=O) groups is 1. The molecule has 2 N–H and O–H groups in total. The van der Waals surface area contributed by atoms with Crippen LogP contribution in [-0.2, 0) is 0 Å². The van der Waals surface area contributed by atoms with Gasteiger partial charge >= 0.3 is 0 Å². The van der Waals surface area contributed by atoms with Crippen molar-refractivity contribution in [1.82, 2.24) is 4.98 Å². The summed E-state index contributed by atoms with van der Waals surface area (Å²) in [6.45, 7) is 2.41. The van der Waals surface area contributed by atoms with Gasteiger partial charge in [0.1, 0.15) is 22.9 Å². The number of hydrogen-bond acceptors (Lipinski definition) is 6. The Hall–Kier alpha value is -3.74. The summed E-state index contributed by atoms with van der Waals surface area (Å²) >= 11 is 0. The van der Waals surface area contributed by atoms with Crippen LogP contribution in [0.2, 0.25) is 0 Å². The fourth-order valence-corrected chi connectivity index (χ4v) is 2.70. The first-order valence-corrected chi connectivity index (χ1v) is 9.13. The molecule has 0 bridgehead atoms. The summed E-state index contributed by atoms with van der Waals surface area (Å²) in [5.74, 6) is 1.64. The second-order valence-corrected chi connectivity index (χ2v) is 6.01. The van der Waals surface area contributed by atoms with Crippen molar-refractivity contribution in [3.8, 4) is 17.2 Å². The van der Waals surface area contributed by atoms with E-state index in [9.17, 15) is 4.79 Å². The van der Waals surface area contributed by atoms with E-state index >= 15 is 0 Å². The van der Waals surface area contributed by atoms with Gasteiger partial charge in [0, 0.05) is 6.07 Å². The van der Waals surface area contributed by atoms with Gasteiger partial charge in [0.25, 0.3) is 5.91 Å². The van der Waals surface area contributed by atoms with E-state index in [4.69, 9.17) is 14.2 Å². The van der Waals surface area contributed by atoms with Gasteiger partial charge in [0.15, 0.2) is 0 Å². The molecule has 0 saturated carbocycles. The number of methoxy groups -OCH3 is 2. The highest BCUT2D eigenvalue weighted by Crippen LogP contribution is 2.31. The molecule has 0 fully saturated rings. The monoisotopic (exact) mass is 393 g/mol. The summed E-state index contributed by atoms with van der Waals surface area (Å²) in [6.07, 6.45) is 1.59. The van der Waals surface area contributed by atoms with E-state index in [2.05, 4.69) is 15.6 Å². The minimum absolute atomic E-state index is 0.295. The zero-order valence-electron chi connectivity index (χ0n) is 16.6. The number of nitrogens with one attached hydrogen (secondary N) is 2. The van der Waals surface area contributed by atoms with Gasteiger partial charge < -0.3 is 24.8 Å². The number of hydrogen-bond donors (Lipinski definition) is 2. The maximum atomic E-state index is 12.5. The third-order valence-electron chi connectivity index (χ3n) is 4.12. The Morgan fingerprint density at radius 1 is 0.966 bits per heavy atom. The molecule has 7 heteroatoms. The van der Waals surface area contributed by atoms with E-state index in [0.29, 0.717) is 35.2 Å². The van der Waals surface area contributed by atoms with Crippen molar-refractivity contribution in [1.29, 1.82) is 0 Å². The Bertz CT molecular complexity index is 974. The van der Waals surface area contributed by atoms with Crippen LogP contribution in [0.1, 0.15) is 17.4 Å². The molecule has 0 unspecified atom stereocenters. The first-order valence-electron chi connectivity index (χ1n) is 9.13. The summed E-state index contributed by atoms with van der Waals surface area (Å²) in [5.41, 5.74) is 2.38. The molecule has 150 valence electrons. The molecule has 1 heterocycles. The van der Waals surface area contributed by atoms with Crippen LogP contribution in [0, 0.1) is 0 Å². The number of benzene rings is 2. The van der Waals surface area contributed by atoms with Crippen molar-refractivity contribution >= 4 is 23.0 Å². The number of pyridine rings is 1. The van der Waals surface area contributed by atoms with E-state index in [1.807, 2.05) is 37.3 Å². The van der Waals surface area contributed by atoms with Crippen LogP contribution in [0.15, 0.2) is 60.8 Å². The summed E-state index contributed by atoms with van der Waals surface area (Å²) in [4.78, 5) is 16.8. The Morgan fingerprint density at radius 3 is 2.48 bits per heavy atom. The molecule has 0 saturated heterocycles. The van der Waals surface area contributed by atoms with E-state index in [-0.39, 0.29) is 5.91 Å². The number of nitrogens with zero attached hydrogens (tertiary/aromatic N) is 1. The van der Waals surface area contributed by atoms with E-state index in [0.717, 1.165) is 11.4 Å². The molecule has 1 amide bonds. The lowest BCUT2D eigenvalue weighted by molar-refractivity contribution is 0.102. The molecule has 0 aliphatic heterocycles. The van der Waals surface area contributed by atoms with Crippen LogP contribution in [0.25, 0.3) is 0 Å². The van der Waals surface area contributed by atoms with Crippen LogP contribution in [0.5, 0.6) is 17.2 Å². The minimum atomic E-state index is -0.314. The smallest absolute Gasteiger partial charge is 0.274 e. The van der Waals surface area contributed by atoms with Crippen molar-refractivity contribution in [2.75, 3.05) is 31.5 Å². The third kappa shape index (κ3) is 4.95. The fraction of sp³-hybridized carbons (Fsp3) is 0.182. The molecule has 1 aromatic heterocycles. The molecule has 0 aliphatic carbocycles. The van der Waals surface area contributed by atoms with Crippen LogP contribution in [0.4, 0.5) is 17.1 Å². The number of aromatic nitrogens is 1. The second kappa shape index (κ2) is 9.45. The predicted molar refractivity (Wildman–Crippen MR) is 113 cm³/mol. The number of rotatable bonds is 8. The largest absolute Gasteiger partial charge is 0.497 e. The number of ether oxygens (including phenoxy) is 3. The van der Waals surface area contributed by atoms with E-state index in [1.54, 1.807) is 44.7 Å². The Kier molecular flexibility index (Phi) is 6.52. The molecule has 2 aromatic carbocycles. The predicted octanol–water partition coefficient (Wildman–Crippen LogP) is 4.49. The Morgan fingerprint density at radius 2 is 1.79 bits per heavy atom. The maximum absolute atomic E-state index is 12.5. The summed E-state index contributed by atoms with van der Waals surface area (Å²) in [7, 11) is 3.19. The SMILES string of the molecule is CCOc1ccccc1NC(=O)c1ccc(Nc2ccc(OC)cc2OC)cn1. The van der Waals surface area contributed by atoms with Crippen molar-refractivity contribution in [2.24, 2.45) is 0 Å². The molecule has 29 heavy (non-hydrogen) atoms. The van der Waals surface area contributed by atoms with Crippen LogP contribution in [0.3, 0.4) is 0 Å². The van der Waals surface area contributed by atoms with Crippen LogP contribution in [-0.4, -0.2) is 31.7 Å². The second-order valence-electron chi connectivity index (χ2n) is 6.01. The molecular formula is C22H23N3O4.